The lowest BCUT2D eigenvalue weighted by molar-refractivity contribution is 0.103. The molecule has 0 N–H and O–H groups in total. The number of fused-ring (bicyclic) bond motifs is 1. The minimum Gasteiger partial charge on any atom is -0.382 e. The van der Waals surface area contributed by atoms with Crippen molar-refractivity contribution >= 4 is 32.4 Å². The van der Waals surface area contributed by atoms with E-state index in [4.69, 9.17) is 4.74 Å². The number of nitriles is 1. The van der Waals surface area contributed by atoms with Gasteiger partial charge in [0.15, 0.2) is 0 Å². The molecule has 182 valence electrons. The van der Waals surface area contributed by atoms with Gasteiger partial charge >= 0.3 is 0 Å². The first-order chi connectivity index (χ1) is 16.6. The predicted octanol–water partition coefficient (Wildman–Crippen LogP) is 3.48. The van der Waals surface area contributed by atoms with E-state index in [0.717, 1.165) is 20.8 Å². The number of carbonyl (C=O) groups is 1. The van der Waals surface area contributed by atoms with E-state index in [9.17, 15) is 18.5 Å². The molecule has 0 amide bonds. The first-order valence-corrected chi connectivity index (χ1v) is 12.7. The summed E-state index contributed by atoms with van der Waals surface area (Å²) in [4.78, 5) is 17.3. The van der Waals surface area contributed by atoms with E-state index in [1.807, 2.05) is 32.0 Å². The Labute approximate surface area is 205 Å². The average molecular weight is 493 g/mol. The number of hydrogen-bond donors (Lipinski definition) is 0. The summed E-state index contributed by atoms with van der Waals surface area (Å²) in [5, 5.41) is 10.2. The molecule has 1 aliphatic rings. The topological polar surface area (TPSA) is 95.6 Å². The molecule has 0 radical (unpaired) electrons. The van der Waals surface area contributed by atoms with E-state index < -0.39 is 15.8 Å². The molecule has 0 saturated carbocycles. The summed E-state index contributed by atoms with van der Waals surface area (Å²) in [7, 11) is -0.752. The van der Waals surface area contributed by atoms with Gasteiger partial charge in [0.25, 0.3) is 10.0 Å². The quantitative estimate of drug-likeness (QED) is 0.295. The molecule has 1 aliphatic heterocycles. The fraction of sp³-hybridized carbons (Fsp3) is 0.308. The van der Waals surface area contributed by atoms with Crippen LogP contribution in [0.3, 0.4) is 0 Å². The van der Waals surface area contributed by atoms with Crippen molar-refractivity contribution in [2.24, 2.45) is 0 Å². The molecule has 1 saturated heterocycles. The lowest BCUT2D eigenvalue weighted by Gasteiger charge is -2.30. The lowest BCUT2D eigenvalue weighted by Crippen LogP contribution is -2.36. The monoisotopic (exact) mass is 492 g/mol. The van der Waals surface area contributed by atoms with Crippen LogP contribution in [0.25, 0.3) is 10.9 Å². The van der Waals surface area contributed by atoms with Crippen LogP contribution in [0, 0.1) is 25.2 Å². The number of benzene rings is 2. The molecule has 0 atom stereocenters. The van der Waals surface area contributed by atoms with Gasteiger partial charge in [0, 0.05) is 44.5 Å². The van der Waals surface area contributed by atoms with E-state index in [1.54, 1.807) is 37.2 Å². The minimum atomic E-state index is -4.14. The number of Topliss-reactive ketones (excluding diaryl/α,β-unsaturated/α-hetero) is 1. The van der Waals surface area contributed by atoms with Gasteiger partial charge in [-0.3, -0.25) is 4.79 Å². The molecule has 0 bridgehead atoms. The van der Waals surface area contributed by atoms with Crippen LogP contribution in [0.5, 0.6) is 0 Å². The third-order valence-corrected chi connectivity index (χ3v) is 7.71. The molecule has 2 aromatic carbocycles. The largest absolute Gasteiger partial charge is 0.382 e. The van der Waals surface area contributed by atoms with Crippen molar-refractivity contribution in [3.63, 3.8) is 0 Å². The highest BCUT2D eigenvalue weighted by molar-refractivity contribution is 7.90. The zero-order valence-corrected chi connectivity index (χ0v) is 21.1. The smallest absolute Gasteiger partial charge is 0.268 e. The number of ether oxygens (including phenoxy) is 1. The van der Waals surface area contributed by atoms with Crippen LogP contribution in [-0.4, -0.2) is 63.5 Å². The third-order valence-electron chi connectivity index (χ3n) is 5.97. The zero-order chi connectivity index (χ0) is 25.3. The van der Waals surface area contributed by atoms with Crippen molar-refractivity contribution in [3.05, 3.63) is 71.1 Å². The Bertz CT molecular complexity index is 1460. The Kier molecular flexibility index (Phi) is 6.70. The lowest BCUT2D eigenvalue weighted by atomic mass is 10.1. The van der Waals surface area contributed by atoms with Crippen LogP contribution in [-0.2, 0) is 14.8 Å². The molecule has 3 aromatic rings. The fourth-order valence-electron chi connectivity index (χ4n) is 4.25. The summed E-state index contributed by atoms with van der Waals surface area (Å²) >= 11 is 0. The van der Waals surface area contributed by atoms with Crippen LogP contribution in [0.15, 0.2) is 59.1 Å². The summed E-state index contributed by atoms with van der Waals surface area (Å²) in [6, 6.07) is 13.7. The number of nitrogens with zero attached hydrogens (tertiary/aromatic N) is 4. The molecule has 8 nitrogen and oxygen atoms in total. The van der Waals surface area contributed by atoms with Crippen molar-refractivity contribution in [2.75, 3.05) is 45.3 Å². The normalized spacial score (nSPS) is 14.7. The summed E-state index contributed by atoms with van der Waals surface area (Å²) < 4.78 is 34.4. The van der Waals surface area contributed by atoms with Gasteiger partial charge in [0.1, 0.15) is 17.3 Å². The third kappa shape index (κ3) is 4.67. The van der Waals surface area contributed by atoms with Crippen molar-refractivity contribution < 1.29 is 17.9 Å². The average Bonchev–Trinajstić information content (AvgIpc) is 3.21. The van der Waals surface area contributed by atoms with Gasteiger partial charge in [0.2, 0.25) is 5.78 Å². The van der Waals surface area contributed by atoms with Crippen molar-refractivity contribution in [3.8, 4) is 6.07 Å². The highest BCUT2D eigenvalue weighted by atomic mass is 32.2. The van der Waals surface area contributed by atoms with Gasteiger partial charge in [-0.1, -0.05) is 17.7 Å². The number of carbonyl (C=O) groups excluding carboxylic acids is 1. The number of anilines is 1. The Hall–Kier alpha value is -3.61. The Balaban J connectivity index is 2.01. The van der Waals surface area contributed by atoms with E-state index in [2.05, 4.69) is 4.90 Å². The molecule has 35 heavy (non-hydrogen) atoms. The van der Waals surface area contributed by atoms with E-state index in [0.29, 0.717) is 37.2 Å². The molecule has 0 unspecified atom stereocenters. The standard InChI is InChI=1S/C26H28N4O4S/c1-18-5-7-22(8-6-18)35(32,33)30-24-15-23(29-9-11-34-12-10-29)19(2)13-20(24)14-25(30)26(31)21(16-27)17-28(3)4/h5-8,13-15,17H,9-12H2,1-4H3. The van der Waals surface area contributed by atoms with Crippen LogP contribution in [0.4, 0.5) is 5.69 Å². The number of morpholine rings is 1. The second kappa shape index (κ2) is 9.56. The first-order valence-electron chi connectivity index (χ1n) is 11.3. The van der Waals surface area contributed by atoms with Crippen LogP contribution < -0.4 is 4.90 Å². The molecule has 0 aliphatic carbocycles. The van der Waals surface area contributed by atoms with Gasteiger partial charge in [0.05, 0.1) is 23.6 Å². The number of allylic oxidation sites excluding steroid dienone is 1. The number of ketones is 1. The Morgan fingerprint density at radius 1 is 1.09 bits per heavy atom. The molecular weight excluding hydrogens is 464 g/mol. The van der Waals surface area contributed by atoms with Crippen molar-refractivity contribution in [1.82, 2.24) is 8.87 Å². The van der Waals surface area contributed by atoms with E-state index in [-0.39, 0.29) is 16.2 Å². The minimum absolute atomic E-state index is 0.0678. The zero-order valence-electron chi connectivity index (χ0n) is 20.3. The highest BCUT2D eigenvalue weighted by Crippen LogP contribution is 2.33. The Morgan fingerprint density at radius 2 is 1.74 bits per heavy atom. The number of rotatable bonds is 6. The highest BCUT2D eigenvalue weighted by Gasteiger charge is 2.29. The first kappa shape index (κ1) is 24.5. The van der Waals surface area contributed by atoms with E-state index in [1.165, 1.54) is 18.3 Å². The van der Waals surface area contributed by atoms with Gasteiger partial charge in [-0.05, 0) is 49.7 Å². The molecule has 1 aromatic heterocycles. The molecule has 2 heterocycles. The maximum Gasteiger partial charge on any atom is 0.268 e. The summed E-state index contributed by atoms with van der Waals surface area (Å²) in [5.74, 6) is -0.654. The molecule has 0 spiro atoms. The summed E-state index contributed by atoms with van der Waals surface area (Å²) in [6.45, 7) is 6.39. The molecule has 4 rings (SSSR count). The van der Waals surface area contributed by atoms with Gasteiger partial charge in [-0.2, -0.15) is 5.26 Å². The van der Waals surface area contributed by atoms with Gasteiger partial charge in [-0.25, -0.2) is 12.4 Å². The van der Waals surface area contributed by atoms with Crippen molar-refractivity contribution in [2.45, 2.75) is 18.7 Å². The molecular formula is C26H28N4O4S. The van der Waals surface area contributed by atoms with Crippen LogP contribution in [0.2, 0.25) is 0 Å². The number of aromatic nitrogens is 1. The van der Waals surface area contributed by atoms with Crippen LogP contribution in [0.1, 0.15) is 21.6 Å². The predicted molar refractivity (Wildman–Crippen MR) is 135 cm³/mol. The SMILES string of the molecule is Cc1ccc(S(=O)(=O)n2c(C(=O)C(C#N)=CN(C)C)cc3cc(C)c(N4CCOCC4)cc32)cc1. The molecule has 1 fully saturated rings. The maximum atomic E-state index is 13.9. The fourth-order valence-corrected chi connectivity index (χ4v) is 5.75. The number of hydrogen-bond acceptors (Lipinski definition) is 7. The van der Waals surface area contributed by atoms with Crippen molar-refractivity contribution in [1.29, 1.82) is 5.26 Å². The maximum absolute atomic E-state index is 13.9. The van der Waals surface area contributed by atoms with Gasteiger partial charge in [-0.15, -0.1) is 0 Å². The second-order valence-electron chi connectivity index (χ2n) is 8.86. The second-order valence-corrected chi connectivity index (χ2v) is 10.6. The van der Waals surface area contributed by atoms with E-state index >= 15 is 0 Å². The Morgan fingerprint density at radius 3 is 2.34 bits per heavy atom. The molecule has 9 heteroatoms. The summed E-state index contributed by atoms with van der Waals surface area (Å²) in [5.41, 5.74) is 2.94. The number of aryl methyl sites for hydroxylation is 2. The summed E-state index contributed by atoms with van der Waals surface area (Å²) in [6.07, 6.45) is 1.40. The van der Waals surface area contributed by atoms with Crippen LogP contribution >= 0.6 is 0 Å². The van der Waals surface area contributed by atoms with Gasteiger partial charge < -0.3 is 14.5 Å².